The van der Waals surface area contributed by atoms with Gasteiger partial charge >= 0.3 is 0 Å². The third-order valence-corrected chi connectivity index (χ3v) is 5.75. The van der Waals surface area contributed by atoms with Crippen LogP contribution in [0.4, 0.5) is 11.4 Å². The lowest BCUT2D eigenvalue weighted by Crippen LogP contribution is -2.26. The maximum absolute atomic E-state index is 7.35. The molecule has 0 aliphatic carbocycles. The molecular formula is C24H43N3. The Labute approximate surface area is 168 Å². The summed E-state index contributed by atoms with van der Waals surface area (Å²) >= 11 is 0. The summed E-state index contributed by atoms with van der Waals surface area (Å²) in [6.07, 6.45) is 16.1. The standard InChI is InChI=1S/C24H43N3/c1-5-7-9-11-13-15-19-27(20-16-14-12-10-8-6-2)24-18-17-23(26-25)21(3)22(24)4/h17-18,25H,5-16,19-20H2,1-4H3. The van der Waals surface area contributed by atoms with Crippen LogP contribution in [0.25, 0.3) is 0 Å². The third-order valence-electron chi connectivity index (χ3n) is 5.75. The quantitative estimate of drug-likeness (QED) is 0.229. The van der Waals surface area contributed by atoms with Crippen LogP contribution in [0.2, 0.25) is 0 Å². The van der Waals surface area contributed by atoms with Crippen molar-refractivity contribution in [3.8, 4) is 0 Å². The van der Waals surface area contributed by atoms with Gasteiger partial charge in [0.2, 0.25) is 0 Å². The van der Waals surface area contributed by atoms with Gasteiger partial charge in [-0.1, -0.05) is 78.1 Å². The first kappa shape index (κ1) is 23.7. The molecule has 0 aromatic heterocycles. The van der Waals surface area contributed by atoms with E-state index in [4.69, 9.17) is 5.53 Å². The van der Waals surface area contributed by atoms with Crippen molar-refractivity contribution in [2.75, 3.05) is 18.0 Å². The van der Waals surface area contributed by atoms with Gasteiger partial charge < -0.3 is 4.90 Å². The molecule has 1 aromatic rings. The van der Waals surface area contributed by atoms with Crippen molar-refractivity contribution >= 4 is 11.4 Å². The molecule has 0 saturated heterocycles. The van der Waals surface area contributed by atoms with Crippen molar-refractivity contribution in [2.24, 2.45) is 5.11 Å². The SMILES string of the molecule is CCCCCCCCN(CCCCCCCC)c1ccc(N=N)c(C)c1C. The monoisotopic (exact) mass is 373 g/mol. The van der Waals surface area contributed by atoms with Crippen LogP contribution in [0.5, 0.6) is 0 Å². The van der Waals surface area contributed by atoms with Crippen molar-refractivity contribution in [3.63, 3.8) is 0 Å². The minimum absolute atomic E-state index is 0.801. The van der Waals surface area contributed by atoms with Gasteiger partial charge in [-0.3, -0.25) is 0 Å². The molecule has 0 saturated carbocycles. The van der Waals surface area contributed by atoms with E-state index in [-0.39, 0.29) is 0 Å². The van der Waals surface area contributed by atoms with Crippen LogP contribution in [0, 0.1) is 19.4 Å². The zero-order chi connectivity index (χ0) is 19.9. The van der Waals surface area contributed by atoms with Crippen LogP contribution < -0.4 is 4.90 Å². The third kappa shape index (κ3) is 8.90. The molecule has 0 bridgehead atoms. The van der Waals surface area contributed by atoms with E-state index in [2.05, 4.69) is 43.8 Å². The molecule has 1 aromatic carbocycles. The summed E-state index contributed by atoms with van der Waals surface area (Å²) in [5, 5.41) is 3.67. The number of nitrogens with zero attached hydrogens (tertiary/aromatic N) is 2. The van der Waals surface area contributed by atoms with E-state index in [1.165, 1.54) is 88.3 Å². The van der Waals surface area contributed by atoms with Crippen LogP contribution in [0.3, 0.4) is 0 Å². The van der Waals surface area contributed by atoms with E-state index in [9.17, 15) is 0 Å². The smallest absolute Gasteiger partial charge is 0.0883 e. The van der Waals surface area contributed by atoms with Crippen molar-refractivity contribution in [1.29, 1.82) is 5.53 Å². The Bertz CT molecular complexity index is 509. The fraction of sp³-hybridized carbons (Fsp3) is 0.750. The van der Waals surface area contributed by atoms with Crippen molar-refractivity contribution < 1.29 is 0 Å². The van der Waals surface area contributed by atoms with Gasteiger partial charge in [0.05, 0.1) is 5.69 Å². The van der Waals surface area contributed by atoms with E-state index in [1.807, 2.05) is 6.07 Å². The average Bonchev–Trinajstić information content (AvgIpc) is 2.68. The summed E-state index contributed by atoms with van der Waals surface area (Å²) in [5.41, 5.74) is 11.9. The molecule has 27 heavy (non-hydrogen) atoms. The molecule has 0 aliphatic rings. The molecule has 0 radical (unpaired) electrons. The summed E-state index contributed by atoms with van der Waals surface area (Å²) in [6, 6.07) is 4.20. The lowest BCUT2D eigenvalue weighted by Gasteiger charge is -2.28. The number of rotatable bonds is 16. The van der Waals surface area contributed by atoms with E-state index >= 15 is 0 Å². The van der Waals surface area contributed by atoms with Crippen molar-refractivity contribution in [3.05, 3.63) is 23.3 Å². The maximum Gasteiger partial charge on any atom is 0.0883 e. The first-order chi connectivity index (χ1) is 13.2. The molecule has 0 spiro atoms. The van der Waals surface area contributed by atoms with E-state index in [0.717, 1.165) is 24.3 Å². The normalized spacial score (nSPS) is 11.0. The Balaban J connectivity index is 2.64. The van der Waals surface area contributed by atoms with Gasteiger partial charge in [0, 0.05) is 18.8 Å². The minimum atomic E-state index is 0.801. The number of unbranched alkanes of at least 4 members (excludes halogenated alkanes) is 10. The lowest BCUT2D eigenvalue weighted by molar-refractivity contribution is 0.574. The number of hydrogen-bond donors (Lipinski definition) is 1. The predicted molar refractivity (Wildman–Crippen MR) is 120 cm³/mol. The Morgan fingerprint density at radius 1 is 0.704 bits per heavy atom. The van der Waals surface area contributed by atoms with Crippen LogP contribution in [0.15, 0.2) is 17.2 Å². The first-order valence-electron chi connectivity index (χ1n) is 11.4. The summed E-state index contributed by atoms with van der Waals surface area (Å²) in [6.45, 7) is 11.1. The summed E-state index contributed by atoms with van der Waals surface area (Å²) in [4.78, 5) is 2.59. The highest BCUT2D eigenvalue weighted by molar-refractivity contribution is 5.63. The molecule has 0 unspecified atom stereocenters. The Kier molecular flexibility index (Phi) is 12.8. The highest BCUT2D eigenvalue weighted by Gasteiger charge is 2.12. The number of hydrogen-bond acceptors (Lipinski definition) is 3. The highest BCUT2D eigenvalue weighted by atomic mass is 15.1. The van der Waals surface area contributed by atoms with Crippen molar-refractivity contribution in [1.82, 2.24) is 0 Å². The molecule has 1 rings (SSSR count). The fourth-order valence-corrected chi connectivity index (χ4v) is 3.77. The first-order valence-corrected chi connectivity index (χ1v) is 11.4. The van der Waals surface area contributed by atoms with Gasteiger partial charge in [-0.05, 0) is 49.9 Å². The topological polar surface area (TPSA) is 39.5 Å². The van der Waals surface area contributed by atoms with Crippen LogP contribution in [-0.2, 0) is 0 Å². The van der Waals surface area contributed by atoms with Gasteiger partial charge in [-0.2, -0.15) is 5.11 Å². The van der Waals surface area contributed by atoms with Crippen LogP contribution in [0.1, 0.15) is 102 Å². The van der Waals surface area contributed by atoms with Gasteiger partial charge in [-0.15, -0.1) is 0 Å². The predicted octanol–water partition coefficient (Wildman–Crippen LogP) is 8.49. The number of anilines is 1. The van der Waals surface area contributed by atoms with Gasteiger partial charge in [0.25, 0.3) is 0 Å². The Hall–Kier alpha value is -1.38. The number of nitrogens with one attached hydrogen (secondary N) is 1. The summed E-state index contributed by atoms with van der Waals surface area (Å²) in [5.74, 6) is 0. The molecule has 0 aliphatic heterocycles. The second-order valence-corrected chi connectivity index (χ2v) is 7.99. The van der Waals surface area contributed by atoms with E-state index in [1.54, 1.807) is 0 Å². The Morgan fingerprint density at radius 3 is 1.67 bits per heavy atom. The van der Waals surface area contributed by atoms with Gasteiger partial charge in [0.15, 0.2) is 0 Å². The molecule has 1 N–H and O–H groups in total. The second-order valence-electron chi connectivity index (χ2n) is 7.99. The average molecular weight is 374 g/mol. The molecule has 0 fully saturated rings. The second kappa shape index (κ2) is 14.6. The lowest BCUT2D eigenvalue weighted by atomic mass is 10.0. The van der Waals surface area contributed by atoms with Crippen LogP contribution >= 0.6 is 0 Å². The molecule has 0 amide bonds. The fourth-order valence-electron chi connectivity index (χ4n) is 3.77. The van der Waals surface area contributed by atoms with Crippen molar-refractivity contribution in [2.45, 2.75) is 105 Å². The maximum atomic E-state index is 7.35. The molecule has 3 nitrogen and oxygen atoms in total. The number of benzene rings is 1. The van der Waals surface area contributed by atoms with E-state index < -0.39 is 0 Å². The summed E-state index contributed by atoms with van der Waals surface area (Å²) in [7, 11) is 0. The highest BCUT2D eigenvalue weighted by Crippen LogP contribution is 2.30. The molecular weight excluding hydrogens is 330 g/mol. The zero-order valence-electron chi connectivity index (χ0n) is 18.4. The molecule has 3 heteroatoms. The van der Waals surface area contributed by atoms with E-state index in [0.29, 0.717) is 0 Å². The molecule has 0 atom stereocenters. The minimum Gasteiger partial charge on any atom is -0.371 e. The largest absolute Gasteiger partial charge is 0.371 e. The van der Waals surface area contributed by atoms with Crippen LogP contribution in [-0.4, -0.2) is 13.1 Å². The molecule has 0 heterocycles. The van der Waals surface area contributed by atoms with Gasteiger partial charge in [0.1, 0.15) is 0 Å². The summed E-state index contributed by atoms with van der Waals surface area (Å²) < 4.78 is 0. The molecule has 154 valence electrons. The van der Waals surface area contributed by atoms with Gasteiger partial charge in [-0.25, -0.2) is 5.53 Å². The zero-order valence-corrected chi connectivity index (χ0v) is 18.4. The Morgan fingerprint density at radius 2 is 1.19 bits per heavy atom.